The average Bonchev–Trinajstić information content (AvgIpc) is 2.46. The Bertz CT molecular complexity index is 625. The summed E-state index contributed by atoms with van der Waals surface area (Å²) in [5.74, 6) is -0.0368. The van der Waals surface area contributed by atoms with E-state index in [2.05, 4.69) is 9.97 Å². The Morgan fingerprint density at radius 1 is 1.30 bits per heavy atom. The molecule has 1 atom stereocenters. The number of ether oxygens (including phenoxy) is 2. The number of rotatable bonds is 4. The lowest BCUT2D eigenvalue weighted by atomic mass is 10.0. The molecule has 1 unspecified atom stereocenters. The second kappa shape index (κ2) is 6.02. The Balaban J connectivity index is 2.44. The molecule has 2 aromatic rings. The lowest BCUT2D eigenvalue weighted by Gasteiger charge is -2.15. The van der Waals surface area contributed by atoms with E-state index in [-0.39, 0.29) is 17.3 Å². The van der Waals surface area contributed by atoms with Gasteiger partial charge in [-0.15, -0.1) is 0 Å². The average molecular weight is 298 g/mol. The molecule has 7 heteroatoms. The highest BCUT2D eigenvalue weighted by Crippen LogP contribution is 2.28. The van der Waals surface area contributed by atoms with Crippen LogP contribution in [0.3, 0.4) is 0 Å². The Kier molecular flexibility index (Phi) is 4.36. The SMILES string of the molecule is COc1cnc(C(N)c2ccc(Cl)cc2F)c(OC)n1. The van der Waals surface area contributed by atoms with Crippen LogP contribution in [0.15, 0.2) is 24.4 Å². The molecular weight excluding hydrogens is 285 g/mol. The van der Waals surface area contributed by atoms with Gasteiger partial charge in [0.25, 0.3) is 0 Å². The molecule has 0 amide bonds. The van der Waals surface area contributed by atoms with Gasteiger partial charge in [0.05, 0.1) is 26.5 Å². The smallest absolute Gasteiger partial charge is 0.240 e. The molecule has 2 rings (SSSR count). The van der Waals surface area contributed by atoms with E-state index in [0.717, 1.165) is 0 Å². The minimum atomic E-state index is -0.819. The third-order valence-electron chi connectivity index (χ3n) is 2.74. The molecule has 0 radical (unpaired) electrons. The van der Waals surface area contributed by atoms with Gasteiger partial charge in [-0.05, 0) is 12.1 Å². The van der Waals surface area contributed by atoms with Gasteiger partial charge in [-0.3, -0.25) is 0 Å². The van der Waals surface area contributed by atoms with Crippen molar-refractivity contribution in [2.45, 2.75) is 6.04 Å². The van der Waals surface area contributed by atoms with Crippen LogP contribution in [0, 0.1) is 5.82 Å². The fourth-order valence-corrected chi connectivity index (χ4v) is 1.89. The van der Waals surface area contributed by atoms with Crippen molar-refractivity contribution in [3.63, 3.8) is 0 Å². The van der Waals surface area contributed by atoms with Crippen LogP contribution in [-0.2, 0) is 0 Å². The van der Waals surface area contributed by atoms with Crippen LogP contribution in [0.4, 0.5) is 4.39 Å². The van der Waals surface area contributed by atoms with Gasteiger partial charge < -0.3 is 15.2 Å². The van der Waals surface area contributed by atoms with Crippen molar-refractivity contribution >= 4 is 11.6 Å². The molecule has 0 spiro atoms. The third kappa shape index (κ3) is 2.81. The van der Waals surface area contributed by atoms with E-state index < -0.39 is 11.9 Å². The van der Waals surface area contributed by atoms with Gasteiger partial charge in [0.1, 0.15) is 11.5 Å². The summed E-state index contributed by atoms with van der Waals surface area (Å²) in [5.41, 5.74) is 6.60. The standard InChI is InChI=1S/C13H13ClFN3O2/c1-19-10-6-17-12(13(18-10)20-2)11(16)8-4-3-7(14)5-9(8)15/h3-6,11H,16H2,1-2H3. The summed E-state index contributed by atoms with van der Waals surface area (Å²) in [7, 11) is 2.89. The van der Waals surface area contributed by atoms with Crippen molar-refractivity contribution in [3.05, 3.63) is 46.5 Å². The van der Waals surface area contributed by atoms with E-state index in [1.54, 1.807) is 6.07 Å². The van der Waals surface area contributed by atoms with E-state index >= 15 is 0 Å². The van der Waals surface area contributed by atoms with Crippen molar-refractivity contribution < 1.29 is 13.9 Å². The molecule has 2 N–H and O–H groups in total. The molecule has 1 heterocycles. The Morgan fingerprint density at radius 2 is 2.05 bits per heavy atom. The lowest BCUT2D eigenvalue weighted by molar-refractivity contribution is 0.355. The van der Waals surface area contributed by atoms with Crippen LogP contribution in [0.1, 0.15) is 17.3 Å². The maximum absolute atomic E-state index is 13.9. The summed E-state index contributed by atoms with van der Waals surface area (Å²) in [6.07, 6.45) is 1.39. The van der Waals surface area contributed by atoms with Gasteiger partial charge in [-0.1, -0.05) is 17.7 Å². The predicted octanol–water partition coefficient (Wildman–Crippen LogP) is 2.33. The minimum absolute atomic E-state index is 0.186. The first kappa shape index (κ1) is 14.5. The monoisotopic (exact) mass is 297 g/mol. The normalized spacial score (nSPS) is 12.1. The second-order valence-electron chi connectivity index (χ2n) is 3.95. The maximum Gasteiger partial charge on any atom is 0.240 e. The van der Waals surface area contributed by atoms with Crippen LogP contribution >= 0.6 is 11.6 Å². The summed E-state index contributed by atoms with van der Waals surface area (Å²) in [5, 5.41) is 0.297. The van der Waals surface area contributed by atoms with Gasteiger partial charge in [0.15, 0.2) is 0 Å². The zero-order chi connectivity index (χ0) is 14.7. The van der Waals surface area contributed by atoms with Gasteiger partial charge in [0.2, 0.25) is 11.8 Å². The molecule has 0 bridgehead atoms. The van der Waals surface area contributed by atoms with Gasteiger partial charge >= 0.3 is 0 Å². The molecule has 0 aliphatic heterocycles. The van der Waals surface area contributed by atoms with Gasteiger partial charge in [-0.25, -0.2) is 9.37 Å². The molecule has 0 aliphatic carbocycles. The highest BCUT2D eigenvalue weighted by atomic mass is 35.5. The fraction of sp³-hybridized carbons (Fsp3) is 0.231. The molecule has 0 fully saturated rings. The molecule has 0 saturated heterocycles. The van der Waals surface area contributed by atoms with Crippen LogP contribution < -0.4 is 15.2 Å². The third-order valence-corrected chi connectivity index (χ3v) is 2.97. The summed E-state index contributed by atoms with van der Waals surface area (Å²) in [4.78, 5) is 8.19. The fourth-order valence-electron chi connectivity index (χ4n) is 1.73. The number of hydrogen-bond donors (Lipinski definition) is 1. The molecule has 1 aromatic heterocycles. The highest BCUT2D eigenvalue weighted by molar-refractivity contribution is 6.30. The van der Waals surface area contributed by atoms with Crippen LogP contribution in [0.5, 0.6) is 11.8 Å². The number of hydrogen-bond acceptors (Lipinski definition) is 5. The van der Waals surface area contributed by atoms with E-state index in [0.29, 0.717) is 10.7 Å². The van der Waals surface area contributed by atoms with E-state index in [1.165, 1.54) is 32.5 Å². The molecule has 1 aromatic carbocycles. The molecule has 5 nitrogen and oxygen atoms in total. The summed E-state index contributed by atoms with van der Waals surface area (Å²) in [6.45, 7) is 0. The minimum Gasteiger partial charge on any atom is -0.480 e. The predicted molar refractivity (Wildman–Crippen MR) is 72.6 cm³/mol. The number of nitrogens with zero attached hydrogens (tertiary/aromatic N) is 2. The largest absolute Gasteiger partial charge is 0.480 e. The molecule has 106 valence electrons. The zero-order valence-electron chi connectivity index (χ0n) is 10.9. The summed E-state index contributed by atoms with van der Waals surface area (Å²) in [6, 6.07) is 3.44. The number of benzene rings is 1. The van der Waals surface area contributed by atoms with Crippen LogP contribution in [0.25, 0.3) is 0 Å². The first-order valence-corrected chi connectivity index (χ1v) is 6.10. The second-order valence-corrected chi connectivity index (χ2v) is 4.39. The van der Waals surface area contributed by atoms with Gasteiger partial charge in [0, 0.05) is 10.6 Å². The van der Waals surface area contributed by atoms with E-state index in [4.69, 9.17) is 26.8 Å². The molecule has 0 aliphatic rings. The van der Waals surface area contributed by atoms with Gasteiger partial charge in [-0.2, -0.15) is 4.98 Å². The first-order chi connectivity index (χ1) is 9.56. The number of aromatic nitrogens is 2. The zero-order valence-corrected chi connectivity index (χ0v) is 11.7. The molecule has 20 heavy (non-hydrogen) atoms. The van der Waals surface area contributed by atoms with Crippen molar-refractivity contribution in [1.82, 2.24) is 9.97 Å². The molecular formula is C13H13ClFN3O2. The number of nitrogens with two attached hydrogens (primary N) is 1. The van der Waals surface area contributed by atoms with Crippen molar-refractivity contribution in [1.29, 1.82) is 0 Å². The Morgan fingerprint density at radius 3 is 2.65 bits per heavy atom. The quantitative estimate of drug-likeness (QED) is 0.938. The summed E-state index contributed by atoms with van der Waals surface area (Å²) >= 11 is 5.72. The van der Waals surface area contributed by atoms with Crippen molar-refractivity contribution in [2.24, 2.45) is 5.73 Å². The Labute approximate surface area is 120 Å². The van der Waals surface area contributed by atoms with Crippen LogP contribution in [-0.4, -0.2) is 24.2 Å². The van der Waals surface area contributed by atoms with Crippen molar-refractivity contribution in [3.8, 4) is 11.8 Å². The number of methoxy groups -OCH3 is 2. The Hall–Kier alpha value is -1.92. The lowest BCUT2D eigenvalue weighted by Crippen LogP contribution is -2.17. The number of halogens is 2. The topological polar surface area (TPSA) is 70.3 Å². The van der Waals surface area contributed by atoms with Crippen LogP contribution in [0.2, 0.25) is 5.02 Å². The first-order valence-electron chi connectivity index (χ1n) is 5.72. The highest BCUT2D eigenvalue weighted by Gasteiger charge is 2.21. The van der Waals surface area contributed by atoms with E-state index in [1.807, 2.05) is 0 Å². The summed E-state index contributed by atoms with van der Waals surface area (Å²) < 4.78 is 24.0. The van der Waals surface area contributed by atoms with E-state index in [9.17, 15) is 4.39 Å². The molecule has 0 saturated carbocycles. The van der Waals surface area contributed by atoms with Crippen molar-refractivity contribution in [2.75, 3.05) is 14.2 Å². The maximum atomic E-state index is 13.9.